The zero-order valence-electron chi connectivity index (χ0n) is 6.54. The quantitative estimate of drug-likeness (QED) is 0.685. The smallest absolute Gasteiger partial charge is 0.213 e. The predicted molar refractivity (Wildman–Crippen MR) is 49.2 cm³/mol. The molecule has 0 amide bonds. The number of H-pyrrole nitrogens is 2. The minimum Gasteiger partial charge on any atom is -0.282 e. The molecule has 1 aromatic heterocycles. The van der Waals surface area contributed by atoms with Crippen LogP contribution in [0.1, 0.15) is 0 Å². The molecule has 13 heavy (non-hydrogen) atoms. The number of nitrogens with one attached hydrogen (secondary N) is 2. The van der Waals surface area contributed by atoms with Crippen LogP contribution in [0.15, 0.2) is 24.3 Å². The van der Waals surface area contributed by atoms with Crippen LogP contribution in [0.3, 0.4) is 0 Å². The van der Waals surface area contributed by atoms with Crippen LogP contribution in [0, 0.1) is 10.6 Å². The van der Waals surface area contributed by atoms with Crippen molar-refractivity contribution in [3.63, 3.8) is 0 Å². The van der Waals surface area contributed by atoms with Gasteiger partial charge in [-0.25, -0.2) is 4.39 Å². The van der Waals surface area contributed by atoms with Gasteiger partial charge >= 0.3 is 0 Å². The Morgan fingerprint density at radius 2 is 2.15 bits per heavy atom. The van der Waals surface area contributed by atoms with Gasteiger partial charge in [0.15, 0.2) is 5.82 Å². The standard InChI is InChI=1S/C8H6FN3S/c9-6-3-1-2-5(4-6)7-10-8(13)12-11-7/h1-4H,(H2,10,11,12,13). The summed E-state index contributed by atoms with van der Waals surface area (Å²) in [5.74, 6) is 0.254. The van der Waals surface area contributed by atoms with Crippen LogP contribution in [-0.4, -0.2) is 15.2 Å². The topological polar surface area (TPSA) is 44.5 Å². The van der Waals surface area contributed by atoms with Crippen LogP contribution in [0.2, 0.25) is 0 Å². The van der Waals surface area contributed by atoms with Crippen molar-refractivity contribution >= 4 is 12.2 Å². The number of rotatable bonds is 1. The van der Waals surface area contributed by atoms with E-state index in [1.54, 1.807) is 12.1 Å². The Hall–Kier alpha value is -1.49. The molecule has 0 fully saturated rings. The third-order valence-corrected chi connectivity index (χ3v) is 1.79. The van der Waals surface area contributed by atoms with Crippen LogP contribution in [0.4, 0.5) is 4.39 Å². The molecule has 0 aliphatic heterocycles. The lowest BCUT2D eigenvalue weighted by molar-refractivity contribution is 0.628. The number of nitrogens with zero attached hydrogens (tertiary/aromatic N) is 1. The Labute approximate surface area is 78.6 Å². The fourth-order valence-corrected chi connectivity index (χ4v) is 1.18. The normalized spacial score (nSPS) is 10.2. The molecule has 2 rings (SSSR count). The van der Waals surface area contributed by atoms with E-state index >= 15 is 0 Å². The average Bonchev–Trinajstić information content (AvgIpc) is 2.52. The molecule has 0 spiro atoms. The minimum absolute atomic E-state index is 0.292. The monoisotopic (exact) mass is 195 g/mol. The second-order valence-electron chi connectivity index (χ2n) is 2.53. The number of aromatic amines is 2. The van der Waals surface area contributed by atoms with E-state index in [0.717, 1.165) is 0 Å². The molecule has 0 radical (unpaired) electrons. The van der Waals surface area contributed by atoms with Gasteiger partial charge in [-0.1, -0.05) is 12.1 Å². The lowest BCUT2D eigenvalue weighted by Gasteiger charge is -1.94. The molecule has 0 saturated carbocycles. The zero-order valence-corrected chi connectivity index (χ0v) is 7.36. The first-order valence-corrected chi connectivity index (χ1v) is 4.07. The lowest BCUT2D eigenvalue weighted by atomic mass is 10.2. The highest BCUT2D eigenvalue weighted by Crippen LogP contribution is 2.14. The number of benzene rings is 1. The fraction of sp³-hybridized carbons (Fsp3) is 0. The number of aromatic nitrogens is 3. The fourth-order valence-electron chi connectivity index (χ4n) is 1.04. The molecule has 3 nitrogen and oxygen atoms in total. The first-order valence-electron chi connectivity index (χ1n) is 3.66. The highest BCUT2D eigenvalue weighted by molar-refractivity contribution is 7.71. The van der Waals surface area contributed by atoms with Crippen molar-refractivity contribution in [1.82, 2.24) is 15.2 Å². The van der Waals surface area contributed by atoms with Gasteiger partial charge in [0.25, 0.3) is 0 Å². The van der Waals surface area contributed by atoms with E-state index in [0.29, 0.717) is 16.2 Å². The summed E-state index contributed by atoms with van der Waals surface area (Å²) in [7, 11) is 0. The molecule has 1 heterocycles. The second kappa shape index (κ2) is 3.10. The number of halogens is 1. The van der Waals surface area contributed by atoms with Crippen molar-refractivity contribution in [1.29, 1.82) is 0 Å². The SMILES string of the molecule is Fc1cccc(-c2nc(=S)[nH][nH]2)c1. The van der Waals surface area contributed by atoms with E-state index in [-0.39, 0.29) is 5.82 Å². The highest BCUT2D eigenvalue weighted by Gasteiger charge is 2.00. The summed E-state index contributed by atoms with van der Waals surface area (Å²) in [5, 5.41) is 5.38. The van der Waals surface area contributed by atoms with Gasteiger partial charge in [0.2, 0.25) is 4.77 Å². The van der Waals surface area contributed by atoms with Crippen molar-refractivity contribution in [3.05, 3.63) is 34.9 Å². The Bertz CT molecular complexity index is 474. The molecule has 0 atom stereocenters. The third kappa shape index (κ3) is 1.65. The van der Waals surface area contributed by atoms with E-state index in [4.69, 9.17) is 12.2 Å². The molecule has 5 heteroatoms. The summed E-state index contributed by atoms with van der Waals surface area (Å²) in [6, 6.07) is 6.15. The van der Waals surface area contributed by atoms with Gasteiger partial charge in [0.1, 0.15) is 5.82 Å². The van der Waals surface area contributed by atoms with E-state index in [1.807, 2.05) is 0 Å². The van der Waals surface area contributed by atoms with Gasteiger partial charge < -0.3 is 0 Å². The maximum absolute atomic E-state index is 12.8. The summed E-state index contributed by atoms with van der Waals surface area (Å²) in [4.78, 5) is 3.96. The maximum atomic E-state index is 12.8. The van der Waals surface area contributed by atoms with Crippen LogP contribution in [0.25, 0.3) is 11.4 Å². The molecule has 2 aromatic rings. The van der Waals surface area contributed by atoms with E-state index < -0.39 is 0 Å². The zero-order chi connectivity index (χ0) is 9.26. The molecule has 0 unspecified atom stereocenters. The van der Waals surface area contributed by atoms with E-state index in [2.05, 4.69) is 15.2 Å². The van der Waals surface area contributed by atoms with Crippen LogP contribution in [-0.2, 0) is 0 Å². The van der Waals surface area contributed by atoms with Gasteiger partial charge in [-0.3, -0.25) is 10.2 Å². The third-order valence-electron chi connectivity index (χ3n) is 1.60. The Morgan fingerprint density at radius 3 is 2.77 bits per heavy atom. The molecule has 0 bridgehead atoms. The van der Waals surface area contributed by atoms with Crippen LogP contribution >= 0.6 is 12.2 Å². The molecular formula is C8H6FN3S. The van der Waals surface area contributed by atoms with Crippen molar-refractivity contribution in [2.75, 3.05) is 0 Å². The highest BCUT2D eigenvalue weighted by atomic mass is 32.1. The minimum atomic E-state index is -0.292. The van der Waals surface area contributed by atoms with Crippen molar-refractivity contribution in [2.24, 2.45) is 0 Å². The van der Waals surface area contributed by atoms with Gasteiger partial charge in [0.05, 0.1) is 0 Å². The van der Waals surface area contributed by atoms with Gasteiger partial charge in [-0.15, -0.1) is 0 Å². The van der Waals surface area contributed by atoms with Crippen molar-refractivity contribution < 1.29 is 4.39 Å². The summed E-state index contributed by atoms with van der Waals surface area (Å²) in [6.45, 7) is 0. The Balaban J connectivity index is 2.52. The summed E-state index contributed by atoms with van der Waals surface area (Å²) in [6.07, 6.45) is 0. The number of hydrogen-bond donors (Lipinski definition) is 2. The van der Waals surface area contributed by atoms with E-state index in [9.17, 15) is 4.39 Å². The molecule has 0 aliphatic rings. The molecule has 0 aliphatic carbocycles. The lowest BCUT2D eigenvalue weighted by Crippen LogP contribution is -1.81. The van der Waals surface area contributed by atoms with Crippen molar-refractivity contribution in [3.8, 4) is 11.4 Å². The van der Waals surface area contributed by atoms with Crippen LogP contribution in [0.5, 0.6) is 0 Å². The van der Waals surface area contributed by atoms with Gasteiger partial charge in [0, 0.05) is 5.56 Å². The van der Waals surface area contributed by atoms with Crippen LogP contribution < -0.4 is 0 Å². The molecule has 66 valence electrons. The number of hydrogen-bond acceptors (Lipinski definition) is 2. The van der Waals surface area contributed by atoms with Crippen molar-refractivity contribution in [2.45, 2.75) is 0 Å². The van der Waals surface area contributed by atoms with E-state index in [1.165, 1.54) is 12.1 Å². The molecular weight excluding hydrogens is 189 g/mol. The predicted octanol–water partition coefficient (Wildman–Crippen LogP) is 2.27. The molecule has 0 saturated heterocycles. The summed E-state index contributed by atoms with van der Waals surface area (Å²) < 4.78 is 13.1. The largest absolute Gasteiger partial charge is 0.282 e. The maximum Gasteiger partial charge on any atom is 0.213 e. The Morgan fingerprint density at radius 1 is 1.31 bits per heavy atom. The summed E-state index contributed by atoms with van der Waals surface area (Å²) in [5.41, 5.74) is 0.673. The van der Waals surface area contributed by atoms with Gasteiger partial charge in [-0.2, -0.15) is 4.98 Å². The first-order chi connectivity index (χ1) is 6.25. The molecule has 1 aromatic carbocycles. The first kappa shape index (κ1) is 8.12. The molecule has 2 N–H and O–H groups in total. The average molecular weight is 195 g/mol. The van der Waals surface area contributed by atoms with Gasteiger partial charge in [-0.05, 0) is 24.4 Å². The second-order valence-corrected chi connectivity index (χ2v) is 2.91. The Kier molecular flexibility index (Phi) is 1.94. The summed E-state index contributed by atoms with van der Waals surface area (Å²) >= 11 is 4.77.